The van der Waals surface area contributed by atoms with Crippen LogP contribution in [0.3, 0.4) is 0 Å². The zero-order valence-corrected chi connectivity index (χ0v) is 12.0. The van der Waals surface area contributed by atoms with E-state index in [1.165, 1.54) is 6.07 Å². The molecular formula is C12H10BrFN6. The van der Waals surface area contributed by atoms with Crippen LogP contribution in [0.2, 0.25) is 0 Å². The first-order chi connectivity index (χ1) is 9.67. The summed E-state index contributed by atoms with van der Waals surface area (Å²) in [6.07, 6.45) is 1.63. The minimum atomic E-state index is -0.317. The summed E-state index contributed by atoms with van der Waals surface area (Å²) in [6, 6.07) is 4.65. The van der Waals surface area contributed by atoms with Gasteiger partial charge in [-0.3, -0.25) is 5.10 Å². The highest BCUT2D eigenvalue weighted by Gasteiger charge is 2.10. The Morgan fingerprint density at radius 2 is 2.15 bits per heavy atom. The molecule has 2 heterocycles. The van der Waals surface area contributed by atoms with Gasteiger partial charge in [0.25, 0.3) is 0 Å². The predicted octanol–water partition coefficient (Wildman–Crippen LogP) is 3.04. The summed E-state index contributed by atoms with van der Waals surface area (Å²) >= 11 is 3.15. The van der Waals surface area contributed by atoms with E-state index in [1.807, 2.05) is 0 Å². The highest BCUT2D eigenvalue weighted by molar-refractivity contribution is 9.10. The fourth-order valence-electron chi connectivity index (χ4n) is 1.75. The number of H-pyrrole nitrogens is 1. The van der Waals surface area contributed by atoms with Crippen molar-refractivity contribution < 1.29 is 4.39 Å². The number of fused-ring (bicyclic) bond motifs is 1. The van der Waals surface area contributed by atoms with Crippen LogP contribution in [0, 0.1) is 5.82 Å². The summed E-state index contributed by atoms with van der Waals surface area (Å²) in [5, 5.41) is 13.5. The third kappa shape index (κ3) is 2.29. The Hall–Kier alpha value is -2.22. The van der Waals surface area contributed by atoms with Gasteiger partial charge in [-0.15, -0.1) is 0 Å². The molecule has 0 atom stereocenters. The summed E-state index contributed by atoms with van der Waals surface area (Å²) in [5.41, 5.74) is 1.33. The molecule has 0 fully saturated rings. The SMILES string of the molecule is CNc1nc(Nc2ccc(F)c(Br)c2)c2cn[nH]c2n1. The Kier molecular flexibility index (Phi) is 3.23. The van der Waals surface area contributed by atoms with Gasteiger partial charge < -0.3 is 10.6 Å². The van der Waals surface area contributed by atoms with Crippen molar-refractivity contribution in [1.29, 1.82) is 0 Å². The number of nitrogens with zero attached hydrogens (tertiary/aromatic N) is 3. The van der Waals surface area contributed by atoms with E-state index in [9.17, 15) is 4.39 Å². The lowest BCUT2D eigenvalue weighted by atomic mass is 10.3. The number of aromatic amines is 1. The minimum Gasteiger partial charge on any atom is -0.357 e. The van der Waals surface area contributed by atoms with Crippen molar-refractivity contribution in [2.75, 3.05) is 17.7 Å². The van der Waals surface area contributed by atoms with E-state index in [-0.39, 0.29) is 5.82 Å². The van der Waals surface area contributed by atoms with E-state index in [0.717, 1.165) is 5.39 Å². The molecule has 0 radical (unpaired) electrons. The zero-order chi connectivity index (χ0) is 14.1. The van der Waals surface area contributed by atoms with Crippen molar-refractivity contribution in [3.63, 3.8) is 0 Å². The molecule has 0 saturated heterocycles. The molecule has 2 aromatic heterocycles. The fraction of sp³-hybridized carbons (Fsp3) is 0.0833. The lowest BCUT2D eigenvalue weighted by molar-refractivity contribution is 0.621. The standard InChI is InChI=1S/C12H10BrFN6/c1-15-12-18-10(7-5-16-20-11(7)19-12)17-6-2-3-9(14)8(13)4-6/h2-5H,1H3,(H3,15,16,17,18,19,20). The summed E-state index contributed by atoms with van der Waals surface area (Å²) in [5.74, 6) is 0.736. The van der Waals surface area contributed by atoms with Gasteiger partial charge in [0.15, 0.2) is 5.65 Å². The Morgan fingerprint density at radius 3 is 2.90 bits per heavy atom. The highest BCUT2D eigenvalue weighted by atomic mass is 79.9. The number of hydrogen-bond donors (Lipinski definition) is 3. The molecule has 0 aliphatic carbocycles. The molecular weight excluding hydrogens is 327 g/mol. The van der Waals surface area contributed by atoms with E-state index in [2.05, 4.69) is 46.7 Å². The second kappa shape index (κ2) is 5.04. The second-order valence-corrected chi connectivity index (χ2v) is 4.89. The van der Waals surface area contributed by atoms with Gasteiger partial charge in [-0.1, -0.05) is 0 Å². The molecule has 6 nitrogen and oxygen atoms in total. The van der Waals surface area contributed by atoms with Crippen LogP contribution in [-0.2, 0) is 0 Å². The first kappa shape index (κ1) is 12.8. The minimum absolute atomic E-state index is 0.317. The number of anilines is 3. The third-order valence-electron chi connectivity index (χ3n) is 2.72. The van der Waals surface area contributed by atoms with Crippen molar-refractivity contribution in [2.24, 2.45) is 0 Å². The maximum absolute atomic E-state index is 13.2. The van der Waals surface area contributed by atoms with Gasteiger partial charge >= 0.3 is 0 Å². The molecule has 8 heteroatoms. The van der Waals surface area contributed by atoms with Crippen molar-refractivity contribution in [3.8, 4) is 0 Å². The van der Waals surface area contributed by atoms with Crippen molar-refractivity contribution in [3.05, 3.63) is 34.7 Å². The number of halogens is 2. The fourth-order valence-corrected chi connectivity index (χ4v) is 2.13. The van der Waals surface area contributed by atoms with Crippen LogP contribution in [0.4, 0.5) is 21.8 Å². The summed E-state index contributed by atoms with van der Waals surface area (Å²) in [7, 11) is 1.73. The Balaban J connectivity index is 2.04. The Labute approximate surface area is 122 Å². The molecule has 0 aliphatic rings. The smallest absolute Gasteiger partial charge is 0.226 e. The van der Waals surface area contributed by atoms with Crippen LogP contribution in [0.15, 0.2) is 28.9 Å². The molecule has 102 valence electrons. The predicted molar refractivity (Wildman–Crippen MR) is 78.6 cm³/mol. The molecule has 20 heavy (non-hydrogen) atoms. The average Bonchev–Trinajstić information content (AvgIpc) is 2.91. The summed E-state index contributed by atoms with van der Waals surface area (Å²) in [4.78, 5) is 8.57. The molecule has 0 amide bonds. The molecule has 0 unspecified atom stereocenters. The van der Waals surface area contributed by atoms with Crippen LogP contribution in [0.25, 0.3) is 11.0 Å². The number of hydrogen-bond acceptors (Lipinski definition) is 5. The Bertz CT molecular complexity index is 772. The summed E-state index contributed by atoms with van der Waals surface area (Å²) < 4.78 is 13.6. The van der Waals surface area contributed by atoms with Gasteiger partial charge in [-0.05, 0) is 34.1 Å². The van der Waals surface area contributed by atoms with Gasteiger partial charge in [0.1, 0.15) is 11.6 Å². The van der Waals surface area contributed by atoms with E-state index < -0.39 is 0 Å². The molecule has 3 aromatic rings. The van der Waals surface area contributed by atoms with Crippen LogP contribution in [0.1, 0.15) is 0 Å². The topological polar surface area (TPSA) is 78.5 Å². The number of aromatic nitrogens is 4. The number of rotatable bonds is 3. The van der Waals surface area contributed by atoms with Crippen molar-refractivity contribution in [1.82, 2.24) is 20.2 Å². The van der Waals surface area contributed by atoms with Gasteiger partial charge in [0.2, 0.25) is 5.95 Å². The molecule has 0 aliphatic heterocycles. The van der Waals surface area contributed by atoms with E-state index in [1.54, 1.807) is 25.4 Å². The first-order valence-electron chi connectivity index (χ1n) is 5.78. The molecule has 0 spiro atoms. The maximum atomic E-state index is 13.2. The zero-order valence-electron chi connectivity index (χ0n) is 10.4. The Morgan fingerprint density at radius 1 is 1.30 bits per heavy atom. The van der Waals surface area contributed by atoms with E-state index >= 15 is 0 Å². The maximum Gasteiger partial charge on any atom is 0.226 e. The second-order valence-electron chi connectivity index (χ2n) is 4.03. The van der Waals surface area contributed by atoms with Crippen LogP contribution >= 0.6 is 15.9 Å². The van der Waals surface area contributed by atoms with Gasteiger partial charge in [0, 0.05) is 12.7 Å². The monoisotopic (exact) mass is 336 g/mol. The van der Waals surface area contributed by atoms with Crippen LogP contribution in [0.5, 0.6) is 0 Å². The number of nitrogens with one attached hydrogen (secondary N) is 3. The number of benzene rings is 1. The molecule has 3 N–H and O–H groups in total. The van der Waals surface area contributed by atoms with E-state index in [4.69, 9.17) is 0 Å². The van der Waals surface area contributed by atoms with Crippen LogP contribution < -0.4 is 10.6 Å². The lowest BCUT2D eigenvalue weighted by Gasteiger charge is -2.08. The largest absolute Gasteiger partial charge is 0.357 e. The normalized spacial score (nSPS) is 10.8. The first-order valence-corrected chi connectivity index (χ1v) is 6.57. The molecule has 0 bridgehead atoms. The van der Waals surface area contributed by atoms with Gasteiger partial charge in [-0.2, -0.15) is 15.1 Å². The van der Waals surface area contributed by atoms with Crippen molar-refractivity contribution >= 4 is 44.4 Å². The quantitative estimate of drug-likeness (QED) is 0.685. The third-order valence-corrected chi connectivity index (χ3v) is 3.32. The molecule has 1 aromatic carbocycles. The molecule has 0 saturated carbocycles. The van der Waals surface area contributed by atoms with Gasteiger partial charge in [0.05, 0.1) is 16.1 Å². The van der Waals surface area contributed by atoms with Gasteiger partial charge in [-0.25, -0.2) is 4.39 Å². The van der Waals surface area contributed by atoms with Crippen LogP contribution in [-0.4, -0.2) is 27.2 Å². The highest BCUT2D eigenvalue weighted by Crippen LogP contribution is 2.26. The van der Waals surface area contributed by atoms with E-state index in [0.29, 0.717) is 27.6 Å². The average molecular weight is 337 g/mol. The molecule has 3 rings (SSSR count). The summed E-state index contributed by atoms with van der Waals surface area (Å²) in [6.45, 7) is 0. The van der Waals surface area contributed by atoms with Crippen molar-refractivity contribution in [2.45, 2.75) is 0 Å². The lowest BCUT2D eigenvalue weighted by Crippen LogP contribution is -2.01.